The molecule has 0 spiro atoms. The molecule has 0 N–H and O–H groups in total. The van der Waals surface area contributed by atoms with Gasteiger partial charge in [0.05, 0.1) is 0 Å². The summed E-state index contributed by atoms with van der Waals surface area (Å²) in [7, 11) is 1.73. The molecule has 90 valence electrons. The molecule has 1 rings (SSSR count). The van der Waals surface area contributed by atoms with Gasteiger partial charge in [0.25, 0.3) is 0 Å². The Morgan fingerprint density at radius 1 is 1.31 bits per heavy atom. The highest BCUT2D eigenvalue weighted by molar-refractivity contribution is 5.75. The smallest absolute Gasteiger partial charge is 0.328 e. The third-order valence-corrected chi connectivity index (χ3v) is 2.59. The SMILES string of the molecule is CCCn1ccn(CC(=O)N(C)CC)c1=O. The first-order valence-corrected chi connectivity index (χ1v) is 5.59. The topological polar surface area (TPSA) is 47.2 Å². The molecule has 0 bridgehead atoms. The number of carbonyl (C=O) groups excluding carboxylic acids is 1. The van der Waals surface area contributed by atoms with Crippen molar-refractivity contribution in [2.75, 3.05) is 13.6 Å². The summed E-state index contributed by atoms with van der Waals surface area (Å²) in [6, 6.07) is 0. The number of nitrogens with zero attached hydrogens (tertiary/aromatic N) is 3. The molecule has 5 nitrogen and oxygen atoms in total. The van der Waals surface area contributed by atoms with Crippen LogP contribution in [0.3, 0.4) is 0 Å². The van der Waals surface area contributed by atoms with Crippen molar-refractivity contribution in [2.24, 2.45) is 0 Å². The number of aromatic nitrogens is 2. The molecule has 1 aromatic rings. The van der Waals surface area contributed by atoms with Crippen molar-refractivity contribution in [1.82, 2.24) is 14.0 Å². The number of carbonyl (C=O) groups is 1. The van der Waals surface area contributed by atoms with Crippen LogP contribution in [0.25, 0.3) is 0 Å². The van der Waals surface area contributed by atoms with Crippen molar-refractivity contribution >= 4 is 5.91 Å². The third kappa shape index (κ3) is 2.74. The second-order valence-electron chi connectivity index (χ2n) is 3.81. The number of aryl methyl sites for hydroxylation is 1. The maximum atomic E-state index is 11.8. The number of rotatable bonds is 5. The fourth-order valence-corrected chi connectivity index (χ4v) is 1.43. The van der Waals surface area contributed by atoms with E-state index in [1.807, 2.05) is 13.8 Å². The van der Waals surface area contributed by atoms with Gasteiger partial charge < -0.3 is 4.90 Å². The Balaban J connectivity index is 2.75. The molecule has 0 aliphatic heterocycles. The van der Waals surface area contributed by atoms with Crippen LogP contribution in [0.4, 0.5) is 0 Å². The first kappa shape index (κ1) is 12.5. The second-order valence-corrected chi connectivity index (χ2v) is 3.81. The lowest BCUT2D eigenvalue weighted by Crippen LogP contribution is -2.34. The predicted octanol–water partition coefficient (Wildman–Crippen LogP) is 0.538. The van der Waals surface area contributed by atoms with E-state index in [0.29, 0.717) is 13.1 Å². The Labute approximate surface area is 95.3 Å². The van der Waals surface area contributed by atoms with Gasteiger partial charge in [-0.2, -0.15) is 0 Å². The normalized spacial score (nSPS) is 10.4. The number of hydrogen-bond acceptors (Lipinski definition) is 2. The summed E-state index contributed by atoms with van der Waals surface area (Å²) in [6.45, 7) is 5.40. The van der Waals surface area contributed by atoms with E-state index < -0.39 is 0 Å². The van der Waals surface area contributed by atoms with Crippen molar-refractivity contribution in [1.29, 1.82) is 0 Å². The first-order valence-electron chi connectivity index (χ1n) is 5.59. The monoisotopic (exact) mass is 225 g/mol. The van der Waals surface area contributed by atoms with Gasteiger partial charge in [-0.05, 0) is 13.3 Å². The Morgan fingerprint density at radius 3 is 2.50 bits per heavy atom. The highest BCUT2D eigenvalue weighted by atomic mass is 16.2. The van der Waals surface area contributed by atoms with Crippen LogP contribution in [0.2, 0.25) is 0 Å². The summed E-state index contributed by atoms with van der Waals surface area (Å²) in [5.41, 5.74) is -0.111. The molecule has 5 heteroatoms. The van der Waals surface area contributed by atoms with Gasteiger partial charge in [-0.15, -0.1) is 0 Å². The Morgan fingerprint density at radius 2 is 1.94 bits per heavy atom. The van der Waals surface area contributed by atoms with Crippen LogP contribution in [0.5, 0.6) is 0 Å². The van der Waals surface area contributed by atoms with Crippen molar-refractivity contribution in [2.45, 2.75) is 33.4 Å². The van der Waals surface area contributed by atoms with Gasteiger partial charge in [0.15, 0.2) is 0 Å². The molecule has 0 fully saturated rings. The van der Waals surface area contributed by atoms with E-state index >= 15 is 0 Å². The Kier molecular flexibility index (Phi) is 4.34. The third-order valence-electron chi connectivity index (χ3n) is 2.59. The van der Waals surface area contributed by atoms with Crippen LogP contribution in [0.15, 0.2) is 17.2 Å². The maximum absolute atomic E-state index is 11.8. The molecular formula is C11H19N3O2. The number of amides is 1. The molecule has 0 radical (unpaired) electrons. The molecule has 1 heterocycles. The highest BCUT2D eigenvalue weighted by Gasteiger charge is 2.10. The summed E-state index contributed by atoms with van der Waals surface area (Å²) >= 11 is 0. The van der Waals surface area contributed by atoms with Crippen molar-refractivity contribution in [3.8, 4) is 0 Å². The van der Waals surface area contributed by atoms with E-state index in [4.69, 9.17) is 0 Å². The molecule has 16 heavy (non-hydrogen) atoms. The fourth-order valence-electron chi connectivity index (χ4n) is 1.43. The molecule has 1 amide bonds. The van der Waals surface area contributed by atoms with E-state index in [1.54, 1.807) is 28.9 Å². The van der Waals surface area contributed by atoms with Crippen molar-refractivity contribution in [3.05, 3.63) is 22.9 Å². The molecule has 0 saturated carbocycles. The van der Waals surface area contributed by atoms with Gasteiger partial charge in [0, 0.05) is 32.5 Å². The molecule has 0 atom stereocenters. The molecule has 0 aliphatic rings. The minimum atomic E-state index is -0.111. The fraction of sp³-hybridized carbons (Fsp3) is 0.636. The van der Waals surface area contributed by atoms with E-state index in [0.717, 1.165) is 6.42 Å². The lowest BCUT2D eigenvalue weighted by molar-refractivity contribution is -0.130. The van der Waals surface area contributed by atoms with Crippen molar-refractivity contribution in [3.63, 3.8) is 0 Å². The van der Waals surface area contributed by atoms with E-state index in [1.165, 1.54) is 4.57 Å². The summed E-state index contributed by atoms with van der Waals surface area (Å²) in [4.78, 5) is 25.0. The van der Waals surface area contributed by atoms with Crippen LogP contribution in [-0.4, -0.2) is 33.5 Å². The van der Waals surface area contributed by atoms with Gasteiger partial charge >= 0.3 is 5.69 Å². The van der Waals surface area contributed by atoms with Crippen LogP contribution in [0.1, 0.15) is 20.3 Å². The largest absolute Gasteiger partial charge is 0.344 e. The summed E-state index contributed by atoms with van der Waals surface area (Å²) < 4.78 is 3.07. The number of likely N-dealkylation sites (N-methyl/N-ethyl adjacent to an activating group) is 1. The number of hydrogen-bond donors (Lipinski definition) is 0. The first-order chi connectivity index (χ1) is 7.60. The minimum Gasteiger partial charge on any atom is -0.344 e. The van der Waals surface area contributed by atoms with E-state index in [2.05, 4.69) is 0 Å². The van der Waals surface area contributed by atoms with Gasteiger partial charge in [-0.1, -0.05) is 6.92 Å². The average molecular weight is 225 g/mol. The lowest BCUT2D eigenvalue weighted by atomic mass is 10.5. The predicted molar refractivity (Wildman–Crippen MR) is 62.3 cm³/mol. The molecule has 1 aromatic heterocycles. The summed E-state index contributed by atoms with van der Waals surface area (Å²) in [5.74, 6) is -0.0427. The second kappa shape index (κ2) is 5.53. The van der Waals surface area contributed by atoms with Crippen LogP contribution < -0.4 is 5.69 Å². The van der Waals surface area contributed by atoms with Crippen LogP contribution in [-0.2, 0) is 17.9 Å². The zero-order valence-electron chi connectivity index (χ0n) is 10.1. The molecular weight excluding hydrogens is 206 g/mol. The van der Waals surface area contributed by atoms with E-state index in [-0.39, 0.29) is 18.1 Å². The standard InChI is InChI=1S/C11H19N3O2/c1-4-6-13-7-8-14(11(13)16)9-10(15)12(3)5-2/h7-8H,4-6,9H2,1-3H3. The Bertz CT molecular complexity index is 406. The van der Waals surface area contributed by atoms with Gasteiger partial charge in [0.1, 0.15) is 6.54 Å². The zero-order valence-corrected chi connectivity index (χ0v) is 10.1. The van der Waals surface area contributed by atoms with E-state index in [9.17, 15) is 9.59 Å². The van der Waals surface area contributed by atoms with Crippen LogP contribution >= 0.6 is 0 Å². The summed E-state index contributed by atoms with van der Waals surface area (Å²) in [6.07, 6.45) is 4.30. The van der Waals surface area contributed by atoms with Gasteiger partial charge in [-0.3, -0.25) is 13.9 Å². The lowest BCUT2D eigenvalue weighted by Gasteiger charge is -2.13. The van der Waals surface area contributed by atoms with Gasteiger partial charge in [0.2, 0.25) is 5.91 Å². The highest BCUT2D eigenvalue weighted by Crippen LogP contribution is 1.91. The molecule has 0 unspecified atom stereocenters. The zero-order chi connectivity index (χ0) is 12.1. The Hall–Kier alpha value is -1.52. The molecule has 0 aliphatic carbocycles. The summed E-state index contributed by atoms with van der Waals surface area (Å²) in [5, 5.41) is 0. The molecule has 0 saturated heterocycles. The maximum Gasteiger partial charge on any atom is 0.328 e. The quantitative estimate of drug-likeness (QED) is 0.734. The van der Waals surface area contributed by atoms with Crippen molar-refractivity contribution < 1.29 is 4.79 Å². The van der Waals surface area contributed by atoms with Gasteiger partial charge in [-0.25, -0.2) is 4.79 Å². The molecule has 0 aromatic carbocycles. The number of imidazole rings is 1. The van der Waals surface area contributed by atoms with Crippen LogP contribution in [0, 0.1) is 0 Å². The minimum absolute atomic E-state index is 0.0427. The average Bonchev–Trinajstić information content (AvgIpc) is 2.61.